The van der Waals surface area contributed by atoms with Gasteiger partial charge in [0.2, 0.25) is 5.91 Å². The molecule has 0 aliphatic heterocycles. The fourth-order valence-electron chi connectivity index (χ4n) is 2.77. The van der Waals surface area contributed by atoms with Gasteiger partial charge in [-0.15, -0.1) is 0 Å². The lowest BCUT2D eigenvalue weighted by Crippen LogP contribution is -2.40. The average molecular weight is 288 g/mol. The molecule has 1 aliphatic rings. The van der Waals surface area contributed by atoms with E-state index in [9.17, 15) is 20.2 Å². The van der Waals surface area contributed by atoms with Crippen molar-refractivity contribution in [3.05, 3.63) is 33.9 Å². The van der Waals surface area contributed by atoms with Gasteiger partial charge < -0.3 is 10.6 Å². The molecule has 2 rings (SSSR count). The van der Waals surface area contributed by atoms with Crippen LogP contribution in [0.15, 0.2) is 18.2 Å². The number of carbonyl (C=O) groups is 1. The van der Waals surface area contributed by atoms with E-state index in [2.05, 4.69) is 0 Å². The summed E-state index contributed by atoms with van der Waals surface area (Å²) in [6, 6.07) is 6.22. The molecule has 0 aromatic heterocycles. The number of rotatable bonds is 5. The maximum atomic E-state index is 11.3. The molecule has 7 heteroatoms. The summed E-state index contributed by atoms with van der Waals surface area (Å²) in [6.07, 6.45) is 3.98. The monoisotopic (exact) mass is 288 g/mol. The largest absolute Gasteiger partial charge is 0.368 e. The first-order chi connectivity index (χ1) is 10.0. The van der Waals surface area contributed by atoms with Crippen molar-refractivity contribution in [2.75, 3.05) is 11.4 Å². The van der Waals surface area contributed by atoms with E-state index in [1.54, 1.807) is 4.90 Å². The van der Waals surface area contributed by atoms with Crippen LogP contribution in [0.4, 0.5) is 11.4 Å². The molecule has 1 saturated carbocycles. The number of benzene rings is 1. The molecule has 0 atom stereocenters. The molecular formula is C14H16N4O3. The van der Waals surface area contributed by atoms with Crippen molar-refractivity contribution in [1.29, 1.82) is 5.26 Å². The van der Waals surface area contributed by atoms with Gasteiger partial charge in [0.15, 0.2) is 0 Å². The van der Waals surface area contributed by atoms with Crippen molar-refractivity contribution in [2.24, 2.45) is 5.73 Å². The Morgan fingerprint density at radius 3 is 2.67 bits per heavy atom. The fourth-order valence-corrected chi connectivity index (χ4v) is 2.77. The lowest BCUT2D eigenvalue weighted by Gasteiger charge is -2.30. The van der Waals surface area contributed by atoms with Crippen molar-refractivity contribution in [1.82, 2.24) is 0 Å². The molecule has 1 amide bonds. The van der Waals surface area contributed by atoms with E-state index >= 15 is 0 Å². The summed E-state index contributed by atoms with van der Waals surface area (Å²) in [5, 5.41) is 20.0. The lowest BCUT2D eigenvalue weighted by atomic mass is 10.1. The minimum atomic E-state index is -0.543. The van der Waals surface area contributed by atoms with E-state index in [1.165, 1.54) is 18.2 Å². The van der Waals surface area contributed by atoms with Gasteiger partial charge in [0.1, 0.15) is 6.07 Å². The number of nitrogens with zero attached hydrogens (tertiary/aromatic N) is 3. The molecule has 21 heavy (non-hydrogen) atoms. The number of nitrogens with two attached hydrogens (primary N) is 1. The number of hydrogen-bond acceptors (Lipinski definition) is 5. The first-order valence-corrected chi connectivity index (χ1v) is 6.76. The summed E-state index contributed by atoms with van der Waals surface area (Å²) in [4.78, 5) is 23.4. The van der Waals surface area contributed by atoms with E-state index in [0.29, 0.717) is 5.69 Å². The van der Waals surface area contributed by atoms with Crippen LogP contribution in [-0.2, 0) is 4.79 Å². The molecule has 0 bridgehead atoms. The van der Waals surface area contributed by atoms with Gasteiger partial charge in [-0.05, 0) is 18.9 Å². The Morgan fingerprint density at radius 1 is 1.48 bits per heavy atom. The molecule has 2 N–H and O–H groups in total. The number of non-ortho nitro benzene ring substituents is 1. The SMILES string of the molecule is N#Cc1cc([N+](=O)[O-])ccc1N(CC(N)=O)C1CCCC1. The minimum absolute atomic E-state index is 0.0111. The van der Waals surface area contributed by atoms with E-state index in [-0.39, 0.29) is 23.8 Å². The molecule has 0 heterocycles. The summed E-state index contributed by atoms with van der Waals surface area (Å²) in [6.45, 7) is 0.0111. The van der Waals surface area contributed by atoms with Gasteiger partial charge in [-0.2, -0.15) is 5.26 Å². The first kappa shape index (κ1) is 14.8. The summed E-state index contributed by atoms with van der Waals surface area (Å²) >= 11 is 0. The van der Waals surface area contributed by atoms with E-state index in [4.69, 9.17) is 5.73 Å². The van der Waals surface area contributed by atoms with Gasteiger partial charge in [-0.1, -0.05) is 12.8 Å². The van der Waals surface area contributed by atoms with Gasteiger partial charge >= 0.3 is 0 Å². The zero-order valence-corrected chi connectivity index (χ0v) is 11.5. The van der Waals surface area contributed by atoms with Crippen molar-refractivity contribution < 1.29 is 9.72 Å². The van der Waals surface area contributed by atoms with Gasteiger partial charge in [-0.25, -0.2) is 0 Å². The number of nitriles is 1. The Bertz CT molecular complexity index is 603. The predicted octanol–water partition coefficient (Wildman–Crippen LogP) is 1.70. The van der Waals surface area contributed by atoms with Crippen LogP contribution in [0.3, 0.4) is 0 Å². The Labute approximate surface area is 122 Å². The molecular weight excluding hydrogens is 272 g/mol. The third-order valence-corrected chi connectivity index (χ3v) is 3.71. The number of nitro groups is 1. The van der Waals surface area contributed by atoms with Crippen LogP contribution in [0.2, 0.25) is 0 Å². The van der Waals surface area contributed by atoms with Crippen molar-refractivity contribution >= 4 is 17.3 Å². The number of anilines is 1. The predicted molar refractivity (Wildman–Crippen MR) is 76.6 cm³/mol. The smallest absolute Gasteiger partial charge is 0.270 e. The molecule has 110 valence electrons. The zero-order valence-electron chi connectivity index (χ0n) is 11.5. The number of primary amides is 1. The van der Waals surface area contributed by atoms with E-state index < -0.39 is 10.8 Å². The van der Waals surface area contributed by atoms with Gasteiger partial charge in [-0.3, -0.25) is 14.9 Å². The van der Waals surface area contributed by atoms with Crippen molar-refractivity contribution in [2.45, 2.75) is 31.7 Å². The Morgan fingerprint density at radius 2 is 2.14 bits per heavy atom. The maximum absolute atomic E-state index is 11.3. The molecule has 0 spiro atoms. The molecule has 1 aromatic rings. The molecule has 1 fully saturated rings. The highest BCUT2D eigenvalue weighted by atomic mass is 16.6. The van der Waals surface area contributed by atoms with Crippen LogP contribution < -0.4 is 10.6 Å². The normalized spacial score (nSPS) is 14.6. The number of nitro benzene ring substituents is 1. The van der Waals surface area contributed by atoms with Gasteiger partial charge in [0.25, 0.3) is 5.69 Å². The van der Waals surface area contributed by atoms with Crippen LogP contribution in [-0.4, -0.2) is 23.4 Å². The highest BCUT2D eigenvalue weighted by Gasteiger charge is 2.26. The topological polar surface area (TPSA) is 113 Å². The number of amides is 1. The third kappa shape index (κ3) is 3.28. The molecule has 7 nitrogen and oxygen atoms in total. The molecule has 1 aromatic carbocycles. The van der Waals surface area contributed by atoms with Crippen molar-refractivity contribution in [3.63, 3.8) is 0 Å². The summed E-state index contributed by atoms with van der Waals surface area (Å²) < 4.78 is 0. The Balaban J connectivity index is 2.41. The molecule has 0 unspecified atom stereocenters. The maximum Gasteiger partial charge on any atom is 0.270 e. The number of hydrogen-bond donors (Lipinski definition) is 1. The highest BCUT2D eigenvalue weighted by molar-refractivity contribution is 5.80. The second-order valence-corrected chi connectivity index (χ2v) is 5.10. The summed E-state index contributed by atoms with van der Waals surface area (Å²) in [7, 11) is 0. The Kier molecular flexibility index (Phi) is 4.38. The summed E-state index contributed by atoms with van der Waals surface area (Å²) in [5.74, 6) is -0.482. The molecule has 0 radical (unpaired) electrons. The van der Waals surface area contributed by atoms with Crippen LogP contribution in [0, 0.1) is 21.4 Å². The fraction of sp³-hybridized carbons (Fsp3) is 0.429. The summed E-state index contributed by atoms with van der Waals surface area (Å²) in [5.41, 5.74) is 5.89. The second-order valence-electron chi connectivity index (χ2n) is 5.10. The van der Waals surface area contributed by atoms with E-state index in [0.717, 1.165) is 25.7 Å². The number of carbonyl (C=O) groups excluding carboxylic acids is 1. The standard InChI is InChI=1S/C14H16N4O3/c15-8-10-7-12(18(20)21)5-6-13(10)17(9-14(16)19)11-3-1-2-4-11/h5-7,11H,1-4,9H2,(H2,16,19). The Hall–Kier alpha value is -2.62. The first-order valence-electron chi connectivity index (χ1n) is 6.76. The van der Waals surface area contributed by atoms with Crippen molar-refractivity contribution in [3.8, 4) is 6.07 Å². The van der Waals surface area contributed by atoms with Crippen LogP contribution in [0.5, 0.6) is 0 Å². The molecule has 0 saturated heterocycles. The third-order valence-electron chi connectivity index (χ3n) is 3.71. The van der Waals surface area contributed by atoms with Crippen LogP contribution in [0.1, 0.15) is 31.2 Å². The quantitative estimate of drug-likeness (QED) is 0.654. The highest BCUT2D eigenvalue weighted by Crippen LogP contribution is 2.31. The zero-order chi connectivity index (χ0) is 15.4. The second kappa shape index (κ2) is 6.22. The van der Waals surface area contributed by atoms with Crippen LogP contribution in [0.25, 0.3) is 0 Å². The minimum Gasteiger partial charge on any atom is -0.368 e. The van der Waals surface area contributed by atoms with Gasteiger partial charge in [0, 0.05) is 18.2 Å². The average Bonchev–Trinajstić information content (AvgIpc) is 2.97. The van der Waals surface area contributed by atoms with Gasteiger partial charge in [0.05, 0.1) is 22.7 Å². The van der Waals surface area contributed by atoms with Crippen LogP contribution >= 0.6 is 0 Å². The molecule has 1 aliphatic carbocycles. The lowest BCUT2D eigenvalue weighted by molar-refractivity contribution is -0.384. The van der Waals surface area contributed by atoms with E-state index in [1.807, 2.05) is 6.07 Å².